The van der Waals surface area contributed by atoms with Gasteiger partial charge in [-0.3, -0.25) is 0 Å². The van der Waals surface area contributed by atoms with Gasteiger partial charge in [-0.25, -0.2) is 4.98 Å². The lowest BCUT2D eigenvalue weighted by Gasteiger charge is -1.95. The van der Waals surface area contributed by atoms with Crippen LogP contribution in [0.5, 0.6) is 0 Å². The Hall–Kier alpha value is -1.61. The highest BCUT2D eigenvalue weighted by molar-refractivity contribution is 5.74. The molecule has 72 valence electrons. The van der Waals surface area contributed by atoms with Crippen LogP contribution in [0, 0.1) is 0 Å². The van der Waals surface area contributed by atoms with Crippen molar-refractivity contribution in [2.45, 2.75) is 6.61 Å². The van der Waals surface area contributed by atoms with Crippen molar-refractivity contribution in [3.8, 4) is 0 Å². The Balaban J connectivity index is 2.14. The third-order valence-corrected chi connectivity index (χ3v) is 1.91. The van der Waals surface area contributed by atoms with Gasteiger partial charge in [-0.05, 0) is 12.1 Å². The van der Waals surface area contributed by atoms with Gasteiger partial charge in [0.2, 0.25) is 0 Å². The summed E-state index contributed by atoms with van der Waals surface area (Å²) in [5.41, 5.74) is 2.02. The predicted molar refractivity (Wildman–Crippen MR) is 55.9 cm³/mol. The molecule has 14 heavy (non-hydrogen) atoms. The molecule has 1 aromatic carbocycles. The van der Waals surface area contributed by atoms with E-state index in [0.717, 1.165) is 16.9 Å². The van der Waals surface area contributed by atoms with E-state index in [1.165, 1.54) is 0 Å². The van der Waals surface area contributed by atoms with Gasteiger partial charge in [-0.1, -0.05) is 18.2 Å². The smallest absolute Gasteiger partial charge is 0.133 e. The number of nitrogens with zero attached hydrogens (tertiary/aromatic N) is 1. The summed E-state index contributed by atoms with van der Waals surface area (Å²) < 4.78 is 5.29. The van der Waals surface area contributed by atoms with E-state index in [-0.39, 0.29) is 0 Å². The van der Waals surface area contributed by atoms with Gasteiger partial charge < -0.3 is 9.72 Å². The molecular weight excluding hydrogens is 176 g/mol. The number of aromatic nitrogens is 2. The summed E-state index contributed by atoms with van der Waals surface area (Å²) in [6.45, 7) is 4.63. The number of benzene rings is 1. The fraction of sp³-hybridized carbons (Fsp3) is 0.182. The number of H-pyrrole nitrogens is 1. The number of imidazole rings is 1. The van der Waals surface area contributed by atoms with Crippen LogP contribution in [-0.2, 0) is 11.3 Å². The molecule has 2 rings (SSSR count). The molecule has 0 atom stereocenters. The van der Waals surface area contributed by atoms with Gasteiger partial charge in [-0.2, -0.15) is 0 Å². The Kier molecular flexibility index (Phi) is 2.60. The zero-order chi connectivity index (χ0) is 9.80. The monoisotopic (exact) mass is 188 g/mol. The first-order chi connectivity index (χ1) is 6.90. The highest BCUT2D eigenvalue weighted by Crippen LogP contribution is 2.10. The quantitative estimate of drug-likeness (QED) is 0.590. The lowest BCUT2D eigenvalue weighted by atomic mass is 10.3. The molecule has 0 fully saturated rings. The first-order valence-electron chi connectivity index (χ1n) is 4.52. The molecule has 0 aliphatic carbocycles. The topological polar surface area (TPSA) is 37.9 Å². The van der Waals surface area contributed by atoms with Crippen LogP contribution in [0.15, 0.2) is 36.9 Å². The van der Waals surface area contributed by atoms with Gasteiger partial charge in [0.15, 0.2) is 0 Å². The van der Waals surface area contributed by atoms with Crippen LogP contribution in [0.3, 0.4) is 0 Å². The van der Waals surface area contributed by atoms with E-state index in [1.54, 1.807) is 6.08 Å². The molecule has 0 amide bonds. The van der Waals surface area contributed by atoms with Crippen molar-refractivity contribution in [1.29, 1.82) is 0 Å². The van der Waals surface area contributed by atoms with Crippen molar-refractivity contribution in [3.05, 3.63) is 42.7 Å². The van der Waals surface area contributed by atoms with Gasteiger partial charge in [0.25, 0.3) is 0 Å². The molecule has 0 saturated heterocycles. The van der Waals surface area contributed by atoms with E-state index in [4.69, 9.17) is 4.74 Å². The third kappa shape index (κ3) is 1.83. The minimum absolute atomic E-state index is 0.501. The molecule has 0 aliphatic rings. The minimum Gasteiger partial charge on any atom is -0.369 e. The van der Waals surface area contributed by atoms with E-state index in [9.17, 15) is 0 Å². The Labute approximate surface area is 82.4 Å². The molecule has 2 aromatic rings. The van der Waals surface area contributed by atoms with Crippen molar-refractivity contribution in [2.75, 3.05) is 6.61 Å². The minimum atomic E-state index is 0.501. The molecule has 3 nitrogen and oxygen atoms in total. The fourth-order valence-corrected chi connectivity index (χ4v) is 1.31. The lowest BCUT2D eigenvalue weighted by Crippen LogP contribution is -1.94. The van der Waals surface area contributed by atoms with Gasteiger partial charge >= 0.3 is 0 Å². The summed E-state index contributed by atoms with van der Waals surface area (Å²) in [6, 6.07) is 7.93. The van der Waals surface area contributed by atoms with E-state index in [1.807, 2.05) is 24.3 Å². The molecule has 1 N–H and O–H groups in total. The van der Waals surface area contributed by atoms with Crippen molar-refractivity contribution in [1.82, 2.24) is 9.97 Å². The first kappa shape index (κ1) is 8.97. The van der Waals surface area contributed by atoms with Crippen molar-refractivity contribution >= 4 is 11.0 Å². The van der Waals surface area contributed by atoms with Crippen LogP contribution < -0.4 is 0 Å². The van der Waals surface area contributed by atoms with Crippen LogP contribution in [0.25, 0.3) is 11.0 Å². The second-order valence-electron chi connectivity index (χ2n) is 3.00. The zero-order valence-electron chi connectivity index (χ0n) is 7.86. The number of para-hydroxylation sites is 2. The van der Waals surface area contributed by atoms with E-state index < -0.39 is 0 Å². The second-order valence-corrected chi connectivity index (χ2v) is 3.00. The number of hydrogen-bond donors (Lipinski definition) is 1. The van der Waals surface area contributed by atoms with Gasteiger partial charge in [0.1, 0.15) is 12.4 Å². The summed E-state index contributed by atoms with van der Waals surface area (Å²) >= 11 is 0. The summed E-state index contributed by atoms with van der Waals surface area (Å²) in [5.74, 6) is 0.855. The maximum atomic E-state index is 5.29. The molecule has 3 heteroatoms. The average Bonchev–Trinajstić information content (AvgIpc) is 2.60. The van der Waals surface area contributed by atoms with Gasteiger partial charge in [0.05, 0.1) is 17.6 Å². The zero-order valence-corrected chi connectivity index (χ0v) is 7.86. The maximum Gasteiger partial charge on any atom is 0.133 e. The number of rotatable bonds is 4. The van der Waals surface area contributed by atoms with Crippen LogP contribution in [0.2, 0.25) is 0 Å². The van der Waals surface area contributed by atoms with Gasteiger partial charge in [0, 0.05) is 0 Å². The molecule has 0 aliphatic heterocycles. The summed E-state index contributed by atoms with van der Waals surface area (Å²) in [5, 5.41) is 0. The molecular formula is C11H12N2O. The van der Waals surface area contributed by atoms with Crippen LogP contribution in [0.4, 0.5) is 0 Å². The number of ether oxygens (including phenoxy) is 1. The van der Waals surface area contributed by atoms with Crippen LogP contribution in [0.1, 0.15) is 5.82 Å². The van der Waals surface area contributed by atoms with Crippen molar-refractivity contribution < 1.29 is 4.74 Å². The number of aromatic amines is 1. The fourth-order valence-electron chi connectivity index (χ4n) is 1.31. The first-order valence-corrected chi connectivity index (χ1v) is 4.52. The molecule has 0 unspecified atom stereocenters. The van der Waals surface area contributed by atoms with Crippen LogP contribution >= 0.6 is 0 Å². The summed E-state index contributed by atoms with van der Waals surface area (Å²) in [6.07, 6.45) is 1.72. The normalized spacial score (nSPS) is 10.6. The molecule has 0 saturated carbocycles. The summed E-state index contributed by atoms with van der Waals surface area (Å²) in [7, 11) is 0. The highest BCUT2D eigenvalue weighted by atomic mass is 16.5. The van der Waals surface area contributed by atoms with Gasteiger partial charge in [-0.15, -0.1) is 6.58 Å². The maximum absolute atomic E-state index is 5.29. The molecule has 1 aromatic heterocycles. The molecule has 0 bridgehead atoms. The largest absolute Gasteiger partial charge is 0.369 e. The van der Waals surface area contributed by atoms with E-state index in [2.05, 4.69) is 16.5 Å². The predicted octanol–water partition coefficient (Wildman–Crippen LogP) is 2.27. The Morgan fingerprint density at radius 2 is 2.29 bits per heavy atom. The van der Waals surface area contributed by atoms with Crippen molar-refractivity contribution in [3.63, 3.8) is 0 Å². The summed E-state index contributed by atoms with van der Waals surface area (Å²) in [4.78, 5) is 7.55. The molecule has 1 heterocycles. The SMILES string of the molecule is C=CCOCc1nc2ccccc2[nH]1. The number of nitrogens with one attached hydrogen (secondary N) is 1. The standard InChI is InChI=1S/C11H12N2O/c1-2-7-14-8-11-12-9-5-3-4-6-10(9)13-11/h2-6H,1,7-8H2,(H,12,13). The lowest BCUT2D eigenvalue weighted by molar-refractivity contribution is 0.143. The third-order valence-electron chi connectivity index (χ3n) is 1.91. The Morgan fingerprint density at radius 1 is 1.43 bits per heavy atom. The van der Waals surface area contributed by atoms with E-state index >= 15 is 0 Å². The second kappa shape index (κ2) is 4.07. The van der Waals surface area contributed by atoms with E-state index in [0.29, 0.717) is 13.2 Å². The molecule has 0 radical (unpaired) electrons. The average molecular weight is 188 g/mol. The Bertz CT molecular complexity index is 401. The highest BCUT2D eigenvalue weighted by Gasteiger charge is 2.00. The van der Waals surface area contributed by atoms with Crippen LogP contribution in [-0.4, -0.2) is 16.6 Å². The number of hydrogen-bond acceptors (Lipinski definition) is 2. The Morgan fingerprint density at radius 3 is 3.07 bits per heavy atom. The molecule has 0 spiro atoms. The number of fused-ring (bicyclic) bond motifs is 1. The van der Waals surface area contributed by atoms with Crippen molar-refractivity contribution in [2.24, 2.45) is 0 Å².